The molecule has 0 aliphatic carbocycles. The van der Waals surface area contributed by atoms with Gasteiger partial charge >= 0.3 is 12.3 Å². The van der Waals surface area contributed by atoms with E-state index in [1.165, 1.54) is 4.90 Å². The number of likely N-dealkylation sites (tertiary alicyclic amines) is 2. The summed E-state index contributed by atoms with van der Waals surface area (Å²) in [4.78, 5) is 31.7. The summed E-state index contributed by atoms with van der Waals surface area (Å²) < 4.78 is 42.5. The first-order chi connectivity index (χ1) is 14.2. The van der Waals surface area contributed by atoms with Crippen LogP contribution >= 0.6 is 0 Å². The highest BCUT2D eigenvalue weighted by Gasteiger charge is 2.47. The van der Waals surface area contributed by atoms with Crippen molar-refractivity contribution in [3.05, 3.63) is 36.0 Å². The van der Waals surface area contributed by atoms with Crippen molar-refractivity contribution in [3.8, 4) is 0 Å². The van der Waals surface area contributed by atoms with Crippen molar-refractivity contribution in [1.29, 1.82) is 0 Å². The Morgan fingerprint density at radius 3 is 2.57 bits per heavy atom. The monoisotopic (exact) mass is 423 g/mol. The quantitative estimate of drug-likeness (QED) is 0.782. The van der Waals surface area contributed by atoms with E-state index in [4.69, 9.17) is 0 Å². The first-order valence-corrected chi connectivity index (χ1v) is 10.1. The van der Waals surface area contributed by atoms with Crippen LogP contribution in [0.2, 0.25) is 0 Å². The third kappa shape index (κ3) is 3.73. The molecule has 3 heterocycles. The number of carbonyl (C=O) groups excluding carboxylic acids is 2. The fourth-order valence-corrected chi connectivity index (χ4v) is 4.52. The van der Waals surface area contributed by atoms with Crippen LogP contribution in [-0.4, -0.2) is 64.2 Å². The van der Waals surface area contributed by atoms with Crippen LogP contribution in [0.15, 0.2) is 30.5 Å². The number of halogens is 3. The van der Waals surface area contributed by atoms with Crippen molar-refractivity contribution in [1.82, 2.24) is 14.8 Å². The predicted octanol–water partition coefficient (Wildman–Crippen LogP) is 4.33. The van der Waals surface area contributed by atoms with Gasteiger partial charge in [0, 0.05) is 47.8 Å². The number of carbonyl (C=O) groups is 2. The van der Waals surface area contributed by atoms with Gasteiger partial charge in [-0.05, 0) is 56.9 Å². The van der Waals surface area contributed by atoms with Crippen molar-refractivity contribution < 1.29 is 27.5 Å². The van der Waals surface area contributed by atoms with Gasteiger partial charge in [0.1, 0.15) is 0 Å². The Hall–Kier alpha value is -2.71. The molecule has 1 unspecified atom stereocenters. The third-order valence-corrected chi connectivity index (χ3v) is 6.33. The van der Waals surface area contributed by atoms with Gasteiger partial charge in [0.2, 0.25) is 0 Å². The summed E-state index contributed by atoms with van der Waals surface area (Å²) in [7, 11) is 0. The van der Waals surface area contributed by atoms with E-state index in [2.05, 4.69) is 9.72 Å². The molecule has 0 saturated carbocycles. The smallest absolute Gasteiger partial charge is 0.425 e. The first-order valence-electron chi connectivity index (χ1n) is 10.1. The molecular formula is C21H24F3N3O3. The topological polar surface area (TPSA) is 65.6 Å². The molecule has 1 N–H and O–H groups in total. The third-order valence-electron chi connectivity index (χ3n) is 6.33. The molecule has 2 saturated heterocycles. The van der Waals surface area contributed by atoms with E-state index < -0.39 is 18.4 Å². The molecule has 2 aliphatic rings. The van der Waals surface area contributed by atoms with Gasteiger partial charge in [0.25, 0.3) is 5.91 Å². The van der Waals surface area contributed by atoms with E-state index in [-0.39, 0.29) is 24.5 Å². The molecule has 1 spiro atoms. The maximum absolute atomic E-state index is 13.2. The molecule has 2 aliphatic heterocycles. The SMILES string of the molecule is CC(OC(=O)N1CCC2(CCCN2C(=O)c2ccc3[nH]ccc3c2)CC1)C(F)(F)F. The van der Waals surface area contributed by atoms with Gasteiger partial charge in [-0.15, -0.1) is 0 Å². The Labute approximate surface area is 172 Å². The standard InChI is InChI=1S/C21H24F3N3O3/c1-14(21(22,23)24)30-19(29)26-11-7-20(8-12-26)6-2-10-27(20)18(28)16-3-4-17-15(13-16)5-9-25-17/h3-5,9,13-14,25H,2,6-8,10-12H2,1H3. The molecule has 9 heteroatoms. The van der Waals surface area contributed by atoms with Gasteiger partial charge in [-0.3, -0.25) is 4.79 Å². The van der Waals surface area contributed by atoms with Crippen LogP contribution in [0.25, 0.3) is 10.9 Å². The summed E-state index contributed by atoms with van der Waals surface area (Å²) in [5.41, 5.74) is 1.21. The number of nitrogens with one attached hydrogen (secondary N) is 1. The number of fused-ring (bicyclic) bond motifs is 1. The first kappa shape index (κ1) is 20.6. The van der Waals surface area contributed by atoms with Crippen LogP contribution in [0.4, 0.5) is 18.0 Å². The second-order valence-electron chi connectivity index (χ2n) is 8.12. The number of nitrogens with zero attached hydrogens (tertiary/aromatic N) is 2. The molecule has 0 bridgehead atoms. The number of benzene rings is 1. The van der Waals surface area contributed by atoms with Crippen LogP contribution < -0.4 is 0 Å². The molecule has 0 radical (unpaired) electrons. The molecule has 4 rings (SSSR count). The second-order valence-corrected chi connectivity index (χ2v) is 8.12. The molecule has 6 nitrogen and oxygen atoms in total. The number of ether oxygens (including phenoxy) is 1. The Kier molecular flexibility index (Phi) is 5.15. The number of aromatic nitrogens is 1. The lowest BCUT2D eigenvalue weighted by Gasteiger charge is -2.44. The van der Waals surface area contributed by atoms with E-state index in [0.29, 0.717) is 24.9 Å². The molecule has 1 aromatic heterocycles. The van der Waals surface area contributed by atoms with E-state index in [1.807, 2.05) is 29.3 Å². The van der Waals surface area contributed by atoms with Crippen molar-refractivity contribution in [3.63, 3.8) is 0 Å². The fraction of sp³-hybridized carbons (Fsp3) is 0.524. The maximum atomic E-state index is 13.2. The molecule has 30 heavy (non-hydrogen) atoms. The van der Waals surface area contributed by atoms with Crippen molar-refractivity contribution >= 4 is 22.9 Å². The van der Waals surface area contributed by atoms with E-state index >= 15 is 0 Å². The van der Waals surface area contributed by atoms with E-state index in [1.54, 1.807) is 6.07 Å². The summed E-state index contributed by atoms with van der Waals surface area (Å²) >= 11 is 0. The van der Waals surface area contributed by atoms with Gasteiger partial charge < -0.3 is 19.5 Å². The number of rotatable bonds is 2. The number of hydrogen-bond acceptors (Lipinski definition) is 3. The van der Waals surface area contributed by atoms with Gasteiger partial charge in [0.15, 0.2) is 6.10 Å². The van der Waals surface area contributed by atoms with Crippen molar-refractivity contribution in [2.24, 2.45) is 0 Å². The molecule has 1 aromatic carbocycles. The minimum Gasteiger partial charge on any atom is -0.437 e. The van der Waals surface area contributed by atoms with Crippen LogP contribution in [0, 0.1) is 0 Å². The number of amides is 2. The Morgan fingerprint density at radius 2 is 1.87 bits per heavy atom. The van der Waals surface area contributed by atoms with Gasteiger partial charge in [-0.25, -0.2) is 4.79 Å². The van der Waals surface area contributed by atoms with E-state index in [9.17, 15) is 22.8 Å². The number of piperidine rings is 1. The van der Waals surface area contributed by atoms with Crippen LogP contribution in [0.5, 0.6) is 0 Å². The van der Waals surface area contributed by atoms with E-state index in [0.717, 1.165) is 30.7 Å². The fourth-order valence-electron chi connectivity index (χ4n) is 4.52. The molecule has 2 amide bonds. The highest BCUT2D eigenvalue weighted by molar-refractivity contribution is 5.98. The molecule has 2 aromatic rings. The zero-order chi connectivity index (χ0) is 21.5. The highest BCUT2D eigenvalue weighted by Crippen LogP contribution is 2.39. The van der Waals surface area contributed by atoms with Gasteiger partial charge in [-0.1, -0.05) is 0 Å². The second kappa shape index (κ2) is 7.52. The number of H-pyrrole nitrogens is 1. The van der Waals surface area contributed by atoms with Gasteiger partial charge in [0.05, 0.1) is 0 Å². The van der Waals surface area contributed by atoms with Crippen LogP contribution in [0.3, 0.4) is 0 Å². The summed E-state index contributed by atoms with van der Waals surface area (Å²) in [5.74, 6) is -0.0441. The maximum Gasteiger partial charge on any atom is 0.425 e. The average Bonchev–Trinajstić information content (AvgIpc) is 3.33. The lowest BCUT2D eigenvalue weighted by molar-refractivity contribution is -0.200. The Morgan fingerprint density at radius 1 is 1.13 bits per heavy atom. The van der Waals surface area contributed by atoms with Crippen LogP contribution in [0.1, 0.15) is 43.0 Å². The number of aromatic amines is 1. The van der Waals surface area contributed by atoms with Crippen LogP contribution in [-0.2, 0) is 4.74 Å². The minimum atomic E-state index is -4.58. The lowest BCUT2D eigenvalue weighted by Crippen LogP contribution is -2.55. The predicted molar refractivity (Wildman–Crippen MR) is 104 cm³/mol. The number of alkyl halides is 3. The highest BCUT2D eigenvalue weighted by atomic mass is 19.4. The minimum absolute atomic E-state index is 0.0441. The molecule has 1 atom stereocenters. The summed E-state index contributed by atoms with van der Waals surface area (Å²) in [6.07, 6.45) is -3.11. The zero-order valence-corrected chi connectivity index (χ0v) is 16.7. The number of hydrogen-bond donors (Lipinski definition) is 1. The Balaban J connectivity index is 1.43. The summed E-state index contributed by atoms with van der Waals surface area (Å²) in [5, 5.41) is 0.963. The van der Waals surface area contributed by atoms with Crippen molar-refractivity contribution in [2.45, 2.75) is 50.4 Å². The molecule has 162 valence electrons. The summed E-state index contributed by atoms with van der Waals surface area (Å²) in [6, 6.07) is 7.47. The molecular weight excluding hydrogens is 399 g/mol. The molecule has 2 fully saturated rings. The zero-order valence-electron chi connectivity index (χ0n) is 16.7. The summed E-state index contributed by atoms with van der Waals surface area (Å²) in [6.45, 7) is 2.00. The average molecular weight is 423 g/mol. The Bertz CT molecular complexity index is 948. The normalized spacial score (nSPS) is 20.0. The van der Waals surface area contributed by atoms with Gasteiger partial charge in [-0.2, -0.15) is 13.2 Å². The van der Waals surface area contributed by atoms with Crippen molar-refractivity contribution in [2.75, 3.05) is 19.6 Å². The largest absolute Gasteiger partial charge is 0.437 e. The lowest BCUT2D eigenvalue weighted by atomic mass is 9.84.